The average molecular weight is 1960 g/mol. The lowest BCUT2D eigenvalue weighted by molar-refractivity contribution is 0.389. The number of nitrogens with zero attached hydrogens (tertiary/aromatic N) is 2. The van der Waals surface area contributed by atoms with Gasteiger partial charge in [0.15, 0.2) is 0 Å². The Morgan fingerprint density at radius 3 is 0.723 bits per heavy atom. The molecule has 0 bridgehead atoms. The number of benzene rings is 10. The van der Waals surface area contributed by atoms with E-state index in [1.165, 1.54) is 236 Å². The molecule has 2 nitrogen and oxygen atoms in total. The van der Waals surface area contributed by atoms with E-state index in [2.05, 4.69) is 415 Å². The predicted octanol–water partition coefficient (Wildman–Crippen LogP) is 43.5. The van der Waals surface area contributed by atoms with Crippen molar-refractivity contribution >= 4 is 163 Å². The molecule has 716 valence electrons. The van der Waals surface area contributed by atoms with Crippen LogP contribution in [0.5, 0.6) is 0 Å². The van der Waals surface area contributed by atoms with Crippen LogP contribution in [0.4, 0.5) is 34.1 Å². The maximum Gasteiger partial charge on any atom is 0.0462 e. The number of unbranched alkanes of at least 4 members (excludes halogenated alkanes) is 18. The third-order valence-corrected chi connectivity index (χ3v) is 36.3. The first kappa shape index (κ1) is 98.5. The van der Waals surface area contributed by atoms with E-state index in [0.717, 1.165) is 72.6 Å². The van der Waals surface area contributed by atoms with Gasteiger partial charge in [-0.1, -0.05) is 347 Å². The van der Waals surface area contributed by atoms with Gasteiger partial charge in [-0.15, -0.1) is 68.0 Å². The van der Waals surface area contributed by atoms with Gasteiger partial charge in [-0.2, -0.15) is 0 Å². The quantitative estimate of drug-likeness (QED) is 0.0351. The molecule has 8 heteroatoms. The molecule has 0 aliphatic heterocycles. The van der Waals surface area contributed by atoms with Gasteiger partial charge in [0, 0.05) is 104 Å². The molecular weight excluding hydrogens is 1820 g/mol. The highest BCUT2D eigenvalue weighted by Gasteiger charge is 2.58. The van der Waals surface area contributed by atoms with Crippen molar-refractivity contribution in [3.8, 4) is 64.7 Å². The van der Waals surface area contributed by atoms with Gasteiger partial charge >= 0.3 is 0 Å². The lowest BCUT2D eigenvalue weighted by Crippen LogP contribution is -2.31. The molecule has 19 rings (SSSR count). The Labute approximate surface area is 866 Å². The molecule has 0 unspecified atom stereocenters. The predicted molar refractivity (Wildman–Crippen MR) is 627 cm³/mol. The number of fused-ring (bicyclic) bond motifs is 12. The lowest BCUT2D eigenvalue weighted by Gasteiger charge is -2.40. The third-order valence-electron chi connectivity index (χ3n) is 30.1. The molecule has 6 heterocycles. The molecule has 0 atom stereocenters. The van der Waals surface area contributed by atoms with Gasteiger partial charge in [0.1, 0.15) is 0 Å². The van der Waals surface area contributed by atoms with Crippen LogP contribution in [0.2, 0.25) is 0 Å². The van der Waals surface area contributed by atoms with Gasteiger partial charge in [-0.3, -0.25) is 0 Å². The smallest absolute Gasteiger partial charge is 0.0462 e. The summed E-state index contributed by atoms with van der Waals surface area (Å²) in [5.41, 5.74) is 32.3. The van der Waals surface area contributed by atoms with Crippen molar-refractivity contribution in [2.45, 2.75) is 250 Å². The van der Waals surface area contributed by atoms with Crippen molar-refractivity contribution in [2.24, 2.45) is 0 Å². The van der Waals surface area contributed by atoms with Crippen molar-refractivity contribution in [2.75, 3.05) is 9.80 Å². The molecule has 16 aromatic rings. The summed E-state index contributed by atoms with van der Waals surface area (Å²) in [5.74, 6) is 0. The second-order valence-corrected chi connectivity index (χ2v) is 46.2. The number of rotatable bonds is 49. The fraction of sp³-hybridized carbons (Fsp3) is 0.293. The highest BCUT2D eigenvalue weighted by molar-refractivity contribution is 7.17. The highest BCUT2D eigenvalue weighted by atomic mass is 32.1. The van der Waals surface area contributed by atoms with Gasteiger partial charge in [0.2, 0.25) is 0 Å². The van der Waals surface area contributed by atoms with Gasteiger partial charge < -0.3 is 9.80 Å². The molecule has 0 spiro atoms. The minimum Gasteiger partial charge on any atom is -0.311 e. The molecule has 10 aromatic carbocycles. The first-order chi connectivity index (χ1) is 69.6. The highest BCUT2D eigenvalue weighted by Crippen LogP contribution is 2.72. The maximum absolute atomic E-state index is 2.83. The summed E-state index contributed by atoms with van der Waals surface area (Å²) in [4.78, 5) is 18.9. The molecule has 0 saturated heterocycles. The van der Waals surface area contributed by atoms with Crippen LogP contribution in [0.25, 0.3) is 125 Å². The molecule has 0 amide bonds. The second kappa shape index (κ2) is 47.3. The molecule has 141 heavy (non-hydrogen) atoms. The Bertz CT molecular complexity index is 6500. The maximum atomic E-state index is 2.83. The molecular formula is C133H138N2S6. The Morgan fingerprint density at radius 1 is 0.213 bits per heavy atom. The first-order valence-electron chi connectivity index (χ1n) is 53.2. The number of anilines is 6. The summed E-state index contributed by atoms with van der Waals surface area (Å²) in [6.07, 6.45) is 59.8. The number of thiophene rings is 6. The monoisotopic (exact) mass is 1950 g/mol. The van der Waals surface area contributed by atoms with E-state index < -0.39 is 0 Å². The second-order valence-electron chi connectivity index (χ2n) is 39.6. The van der Waals surface area contributed by atoms with Crippen molar-refractivity contribution in [3.63, 3.8) is 0 Å². The first-order valence-corrected chi connectivity index (χ1v) is 58.2. The number of hydrogen-bond donors (Lipinski definition) is 0. The van der Waals surface area contributed by atoms with E-state index in [9.17, 15) is 0 Å². The minimum absolute atomic E-state index is 0.229. The molecule has 0 saturated carbocycles. The number of hydrogen-bond acceptors (Lipinski definition) is 8. The van der Waals surface area contributed by atoms with Crippen molar-refractivity contribution in [1.29, 1.82) is 0 Å². The van der Waals surface area contributed by atoms with E-state index in [4.69, 9.17) is 0 Å². The zero-order valence-electron chi connectivity index (χ0n) is 83.7. The van der Waals surface area contributed by atoms with E-state index >= 15 is 0 Å². The average Bonchev–Trinajstić information content (AvgIpc) is 1.48. The van der Waals surface area contributed by atoms with Crippen molar-refractivity contribution < 1.29 is 0 Å². The zero-order chi connectivity index (χ0) is 96.2. The lowest BCUT2D eigenvalue weighted by atomic mass is 9.63. The van der Waals surface area contributed by atoms with Gasteiger partial charge in [0.05, 0.1) is 0 Å². The summed E-state index contributed by atoms with van der Waals surface area (Å²) >= 11 is 11.4. The van der Waals surface area contributed by atoms with Crippen LogP contribution in [0.1, 0.15) is 318 Å². The normalized spacial score (nSPS) is 13.6. The molecule has 3 aliphatic rings. The Morgan fingerprint density at radius 2 is 0.461 bits per heavy atom. The molecule has 3 aliphatic carbocycles. The summed E-state index contributed by atoms with van der Waals surface area (Å²) in [5, 5.41) is 2.20. The van der Waals surface area contributed by atoms with Crippen LogP contribution in [0, 0.1) is 0 Å². The van der Waals surface area contributed by atoms with Crippen molar-refractivity contribution in [3.05, 3.63) is 386 Å². The summed E-state index contributed by atoms with van der Waals surface area (Å²) < 4.78 is 0. The van der Waals surface area contributed by atoms with Gasteiger partial charge in [-0.25, -0.2) is 0 Å². The van der Waals surface area contributed by atoms with Crippen LogP contribution in [0.15, 0.2) is 303 Å². The van der Waals surface area contributed by atoms with Crippen LogP contribution < -0.4 is 9.80 Å². The summed E-state index contributed by atoms with van der Waals surface area (Å²) in [7, 11) is 0. The van der Waals surface area contributed by atoms with Crippen LogP contribution >= 0.6 is 68.0 Å². The summed E-state index contributed by atoms with van der Waals surface area (Å²) in [6.45, 7) is 14.6. The van der Waals surface area contributed by atoms with Crippen LogP contribution in [-0.2, 0) is 16.2 Å². The standard InChI is InChI=1S/C133H138N2S6/c1-7-13-19-37-87-131(88-38-20-14-8-2)119-94-99(122-84-78-113(139-122)69-68-108-52-43-93-136-108)59-81-116(119)125-128(131)126-117-82-60-100(123-85-79-114(140-123)76-74-111-72-70-109(137-111)66-57-97-53-62-106(63-54-97)134(102-44-29-25-30-45-102)103-46-31-26-32-47-103)95-120(117)133(91-41-23-17-11-5,92-42-24-18-12-6)130(126)127-118-83-61-101(96-121(118)132(129(125)127,89-39-21-15-9-3)90-40-22-16-10-4)124-86-80-115(141-124)77-75-112-73-71-110(138-112)67-58-98-55-64-107(65-56-98)135(104-48-33-27-34-49-104)105-50-35-28-36-51-105/h25-36,43-86,93-96H,7-24,37-42,87-92H2,1-6H3/b66-57+,67-58+,69-68+,76-74+,77-75+. The molecule has 6 aromatic heterocycles. The Hall–Kier alpha value is -11.3. The van der Waals surface area contributed by atoms with Crippen LogP contribution in [0.3, 0.4) is 0 Å². The van der Waals surface area contributed by atoms with Gasteiger partial charge in [-0.05, 0) is 345 Å². The zero-order valence-corrected chi connectivity index (χ0v) is 88.6. The summed E-state index contributed by atoms with van der Waals surface area (Å²) in [6, 6.07) is 113. The Balaban J connectivity index is 0.739. The van der Waals surface area contributed by atoms with E-state index in [0.29, 0.717) is 0 Å². The van der Waals surface area contributed by atoms with E-state index in [1.54, 1.807) is 66.8 Å². The molecule has 0 N–H and O–H groups in total. The van der Waals surface area contributed by atoms with Crippen molar-refractivity contribution in [1.82, 2.24) is 0 Å². The SMILES string of the molecule is CCCCCCC1(CCCCCC)c2cc(-c3ccc(/C=C/c4cccs4)s3)ccc2-c2c1c1c(c3c2C(CCCCCC)(CCCCCC)c2cc(-c4ccc(/C=C/c5ccc(/C=C/c6ccc(N(c7ccccc7)c7ccccc7)cc6)s5)s4)ccc2-3)C(CCCCCC)(CCCCCC)c2cc(-c3ccc(/C=C/c4ccc(/C=C/c5ccc(N(c6ccccc6)c6ccccc6)cc5)s4)s3)ccc2-1. The molecule has 0 radical (unpaired) electrons. The van der Waals surface area contributed by atoms with Gasteiger partial charge in [0.25, 0.3) is 0 Å². The minimum atomic E-state index is -0.242. The largest absolute Gasteiger partial charge is 0.311 e. The number of para-hydroxylation sites is 4. The van der Waals surface area contributed by atoms with Crippen LogP contribution in [-0.4, -0.2) is 0 Å². The topological polar surface area (TPSA) is 6.48 Å². The Kier molecular flexibility index (Phi) is 33.0. The molecule has 0 fully saturated rings. The van der Waals surface area contributed by atoms with E-state index in [1.807, 2.05) is 68.0 Å². The van der Waals surface area contributed by atoms with E-state index in [-0.39, 0.29) is 16.2 Å². The third kappa shape index (κ3) is 22.0. The fourth-order valence-corrected chi connectivity index (χ4v) is 28.2. The fourth-order valence-electron chi connectivity index (χ4n) is 23.2.